The first-order chi connectivity index (χ1) is 15.8. The van der Waals surface area contributed by atoms with Crippen LogP contribution in [0, 0.1) is 5.82 Å². The first-order valence-corrected chi connectivity index (χ1v) is 10.5. The van der Waals surface area contributed by atoms with Crippen molar-refractivity contribution < 1.29 is 23.3 Å². The number of benzene rings is 1. The Labute approximate surface area is 190 Å². The van der Waals surface area contributed by atoms with Crippen molar-refractivity contribution in [3.05, 3.63) is 83.8 Å². The maximum Gasteiger partial charge on any atom is 0.241 e. The highest BCUT2D eigenvalue weighted by atomic mass is 19.1. The summed E-state index contributed by atoms with van der Waals surface area (Å²) in [6.45, 7) is 1.81. The van der Waals surface area contributed by atoms with E-state index in [-0.39, 0.29) is 25.3 Å². The summed E-state index contributed by atoms with van der Waals surface area (Å²) in [7, 11) is 1.59. The number of halogens is 1. The van der Waals surface area contributed by atoms with Crippen LogP contribution in [0.1, 0.15) is 42.6 Å². The Morgan fingerprint density at radius 3 is 2.76 bits per heavy atom. The highest BCUT2D eigenvalue weighted by molar-refractivity contribution is 6.10. The van der Waals surface area contributed by atoms with Gasteiger partial charge in [-0.05, 0) is 36.2 Å². The smallest absolute Gasteiger partial charge is 0.241 e. The lowest BCUT2D eigenvalue weighted by molar-refractivity contribution is -0.143. The Bertz CT molecular complexity index is 1170. The van der Waals surface area contributed by atoms with Crippen LogP contribution in [0.15, 0.2) is 65.6 Å². The molecule has 1 saturated heterocycles. The number of rotatable bonds is 7. The molecule has 8 nitrogen and oxygen atoms in total. The van der Waals surface area contributed by atoms with Gasteiger partial charge in [0.05, 0.1) is 18.0 Å². The van der Waals surface area contributed by atoms with Crippen molar-refractivity contribution in [2.24, 2.45) is 0 Å². The van der Waals surface area contributed by atoms with Crippen LogP contribution in [0.3, 0.4) is 0 Å². The normalized spacial score (nSPS) is 19.1. The summed E-state index contributed by atoms with van der Waals surface area (Å²) < 4.78 is 19.0. The summed E-state index contributed by atoms with van der Waals surface area (Å²) in [6.07, 6.45) is 4.06. The van der Waals surface area contributed by atoms with Gasteiger partial charge in [0, 0.05) is 38.3 Å². The lowest BCUT2D eigenvalue weighted by Gasteiger charge is -2.31. The summed E-state index contributed by atoms with van der Waals surface area (Å²) in [5.41, 5.74) is 0.0245. The SMILES string of the molecule is C[C@H](c1ccon1)N(C)C(=O)C[C@@]1(c2cccc(F)c2)CC(=O)N(Cc2cccnc2)C1=O. The topological polar surface area (TPSA) is 96.6 Å². The number of imide groups is 1. The first-order valence-electron chi connectivity index (χ1n) is 10.5. The highest BCUT2D eigenvalue weighted by Crippen LogP contribution is 2.41. The van der Waals surface area contributed by atoms with Crippen LogP contribution in [0.5, 0.6) is 0 Å². The van der Waals surface area contributed by atoms with Crippen molar-refractivity contribution in [3.8, 4) is 0 Å². The highest BCUT2D eigenvalue weighted by Gasteiger charge is 2.54. The Morgan fingerprint density at radius 2 is 2.09 bits per heavy atom. The third kappa shape index (κ3) is 4.26. The number of amides is 3. The molecule has 0 N–H and O–H groups in total. The average molecular weight is 450 g/mol. The van der Waals surface area contributed by atoms with Crippen molar-refractivity contribution >= 4 is 17.7 Å². The molecule has 3 aromatic rings. The molecule has 2 atom stereocenters. The largest absolute Gasteiger partial charge is 0.364 e. The molecule has 0 spiro atoms. The fourth-order valence-corrected chi connectivity index (χ4v) is 4.12. The van der Waals surface area contributed by atoms with Gasteiger partial charge in [-0.15, -0.1) is 0 Å². The molecule has 3 amide bonds. The van der Waals surface area contributed by atoms with Crippen molar-refractivity contribution in [1.82, 2.24) is 19.9 Å². The molecule has 0 unspecified atom stereocenters. The second-order valence-electron chi connectivity index (χ2n) is 8.20. The van der Waals surface area contributed by atoms with Crippen molar-refractivity contribution in [2.75, 3.05) is 7.05 Å². The van der Waals surface area contributed by atoms with Crippen molar-refractivity contribution in [3.63, 3.8) is 0 Å². The van der Waals surface area contributed by atoms with Crippen LogP contribution < -0.4 is 0 Å². The Morgan fingerprint density at radius 1 is 1.27 bits per heavy atom. The molecule has 1 aliphatic heterocycles. The van der Waals surface area contributed by atoms with Gasteiger partial charge in [-0.1, -0.05) is 23.4 Å². The van der Waals surface area contributed by atoms with Crippen LogP contribution in [-0.4, -0.2) is 44.7 Å². The van der Waals surface area contributed by atoms with Gasteiger partial charge >= 0.3 is 0 Å². The summed E-state index contributed by atoms with van der Waals surface area (Å²) >= 11 is 0. The maximum absolute atomic E-state index is 14.1. The minimum atomic E-state index is -1.50. The third-order valence-electron chi connectivity index (χ3n) is 6.16. The zero-order valence-electron chi connectivity index (χ0n) is 18.3. The van der Waals surface area contributed by atoms with Gasteiger partial charge in [0.1, 0.15) is 17.8 Å². The van der Waals surface area contributed by atoms with Crippen molar-refractivity contribution in [2.45, 2.75) is 37.8 Å². The number of hydrogen-bond donors (Lipinski definition) is 0. The third-order valence-corrected chi connectivity index (χ3v) is 6.16. The van der Waals surface area contributed by atoms with Gasteiger partial charge < -0.3 is 9.42 Å². The second kappa shape index (κ2) is 8.93. The van der Waals surface area contributed by atoms with Crippen LogP contribution in [0.2, 0.25) is 0 Å². The predicted molar refractivity (Wildman–Crippen MR) is 115 cm³/mol. The van der Waals surface area contributed by atoms with Crippen LogP contribution >= 0.6 is 0 Å². The van der Waals surface area contributed by atoms with E-state index in [1.54, 1.807) is 50.6 Å². The van der Waals surface area contributed by atoms with E-state index < -0.39 is 29.1 Å². The molecule has 170 valence electrons. The summed E-state index contributed by atoms with van der Waals surface area (Å²) in [4.78, 5) is 46.5. The molecule has 33 heavy (non-hydrogen) atoms. The van der Waals surface area contributed by atoms with E-state index >= 15 is 0 Å². The number of hydrogen-bond acceptors (Lipinski definition) is 6. The summed E-state index contributed by atoms with van der Waals surface area (Å²) in [5, 5.41) is 3.87. The van der Waals surface area contributed by atoms with Gasteiger partial charge in [-0.3, -0.25) is 24.3 Å². The van der Waals surface area contributed by atoms with E-state index in [0.717, 1.165) is 4.90 Å². The van der Waals surface area contributed by atoms with Crippen LogP contribution in [0.25, 0.3) is 0 Å². The molecule has 0 radical (unpaired) electrons. The van der Waals surface area contributed by atoms with E-state index in [2.05, 4.69) is 10.1 Å². The number of aromatic nitrogens is 2. The molecule has 1 fully saturated rings. The van der Waals surface area contributed by atoms with Crippen LogP contribution in [-0.2, 0) is 26.3 Å². The van der Waals surface area contributed by atoms with Crippen LogP contribution in [0.4, 0.5) is 4.39 Å². The monoisotopic (exact) mass is 450 g/mol. The zero-order valence-corrected chi connectivity index (χ0v) is 18.3. The van der Waals surface area contributed by atoms with Gasteiger partial charge in [0.15, 0.2) is 0 Å². The Balaban J connectivity index is 1.67. The molecule has 3 heterocycles. The van der Waals surface area contributed by atoms with E-state index in [1.165, 1.54) is 29.4 Å². The first kappa shape index (κ1) is 22.3. The molecule has 0 saturated carbocycles. The summed E-state index contributed by atoms with van der Waals surface area (Å²) in [6, 6.07) is 10.2. The zero-order chi connectivity index (χ0) is 23.6. The second-order valence-corrected chi connectivity index (χ2v) is 8.20. The van der Waals surface area contributed by atoms with E-state index in [9.17, 15) is 18.8 Å². The number of carbonyl (C=O) groups is 3. The fourth-order valence-electron chi connectivity index (χ4n) is 4.12. The summed E-state index contributed by atoms with van der Waals surface area (Å²) in [5.74, 6) is -1.88. The van der Waals surface area contributed by atoms with Crippen molar-refractivity contribution in [1.29, 1.82) is 0 Å². The Hall–Kier alpha value is -3.88. The van der Waals surface area contributed by atoms with E-state index in [1.807, 2.05) is 0 Å². The molecule has 1 aromatic carbocycles. The van der Waals surface area contributed by atoms with Gasteiger partial charge in [-0.25, -0.2) is 4.39 Å². The van der Waals surface area contributed by atoms with E-state index in [4.69, 9.17) is 4.52 Å². The molecular formula is C24H23FN4O4. The quantitative estimate of drug-likeness (QED) is 0.514. The minimum absolute atomic E-state index is 0.0297. The fraction of sp³-hybridized carbons (Fsp3) is 0.292. The lowest BCUT2D eigenvalue weighted by atomic mass is 9.75. The van der Waals surface area contributed by atoms with Gasteiger partial charge in [-0.2, -0.15) is 0 Å². The van der Waals surface area contributed by atoms with Gasteiger partial charge in [0.25, 0.3) is 0 Å². The standard InChI is InChI=1S/C24H23FN4O4/c1-16(20-8-10-33-27-20)28(2)21(30)12-24(18-6-3-7-19(25)11-18)13-22(31)29(23(24)32)15-17-5-4-9-26-14-17/h3-11,14,16H,12-13,15H2,1-2H3/t16-,24+/m1/s1. The molecule has 2 aromatic heterocycles. The molecule has 0 aliphatic carbocycles. The Kier molecular flexibility index (Phi) is 6.04. The number of carbonyl (C=O) groups excluding carboxylic acids is 3. The molecule has 1 aliphatic rings. The number of pyridine rings is 1. The van der Waals surface area contributed by atoms with E-state index in [0.29, 0.717) is 16.8 Å². The molecular weight excluding hydrogens is 427 g/mol. The molecule has 4 rings (SSSR count). The lowest BCUT2D eigenvalue weighted by Crippen LogP contribution is -2.43. The minimum Gasteiger partial charge on any atom is -0.364 e. The van der Waals surface area contributed by atoms with Gasteiger partial charge in [0.2, 0.25) is 17.7 Å². The number of likely N-dealkylation sites (tertiary alicyclic amines) is 1. The number of nitrogens with zero attached hydrogens (tertiary/aromatic N) is 4. The molecule has 9 heteroatoms. The average Bonchev–Trinajstić information content (AvgIpc) is 3.43. The molecule has 0 bridgehead atoms. The maximum atomic E-state index is 14.1. The predicted octanol–water partition coefficient (Wildman–Crippen LogP) is 3.02.